The number of anilines is 1. The Bertz CT molecular complexity index is 1130. The number of hydrogen-bond donors (Lipinski definition) is 2. The molecule has 2 N–H and O–H groups in total. The molecule has 0 radical (unpaired) electrons. The van der Waals surface area contributed by atoms with Gasteiger partial charge in [-0.2, -0.15) is 23.0 Å². The molecule has 0 bridgehead atoms. The maximum absolute atomic E-state index is 13.0. The molecule has 0 fully saturated rings. The fourth-order valence-electron chi connectivity index (χ4n) is 2.79. The molecular formula is C20H18ClF3N6O2. The molecule has 8 nitrogen and oxygen atoms in total. The summed E-state index contributed by atoms with van der Waals surface area (Å²) in [6.45, 7) is 3.32. The van der Waals surface area contributed by atoms with E-state index in [-0.39, 0.29) is 16.5 Å². The van der Waals surface area contributed by atoms with Crippen molar-refractivity contribution in [3.8, 4) is 5.82 Å². The van der Waals surface area contributed by atoms with Gasteiger partial charge in [0.05, 0.1) is 23.5 Å². The van der Waals surface area contributed by atoms with Gasteiger partial charge in [0.2, 0.25) is 5.91 Å². The highest BCUT2D eigenvalue weighted by atomic mass is 35.5. The number of aromatic nitrogens is 4. The van der Waals surface area contributed by atoms with E-state index in [1.807, 2.05) is 0 Å². The van der Waals surface area contributed by atoms with Crippen molar-refractivity contribution in [2.45, 2.75) is 32.5 Å². The molecule has 32 heavy (non-hydrogen) atoms. The molecule has 0 unspecified atom stereocenters. The van der Waals surface area contributed by atoms with Crippen molar-refractivity contribution in [3.05, 3.63) is 64.8 Å². The van der Waals surface area contributed by atoms with Crippen LogP contribution in [0, 0.1) is 0 Å². The quantitative estimate of drug-likeness (QED) is 0.567. The lowest BCUT2D eigenvalue weighted by Crippen LogP contribution is -2.29. The van der Waals surface area contributed by atoms with Crippen LogP contribution in [0.2, 0.25) is 5.02 Å². The van der Waals surface area contributed by atoms with E-state index in [9.17, 15) is 22.8 Å². The Hall–Kier alpha value is -3.47. The van der Waals surface area contributed by atoms with Gasteiger partial charge in [-0.15, -0.1) is 0 Å². The summed E-state index contributed by atoms with van der Waals surface area (Å²) in [5, 5.41) is 9.14. The van der Waals surface area contributed by atoms with Gasteiger partial charge >= 0.3 is 6.18 Å². The molecule has 0 aliphatic heterocycles. The Labute approximate surface area is 185 Å². The molecule has 2 aromatic heterocycles. The largest absolute Gasteiger partial charge is 0.416 e. The molecule has 12 heteroatoms. The molecule has 3 aromatic rings. The first-order chi connectivity index (χ1) is 15.1. The van der Waals surface area contributed by atoms with Crippen LogP contribution in [0.15, 0.2) is 42.9 Å². The van der Waals surface area contributed by atoms with Crippen LogP contribution >= 0.6 is 11.6 Å². The number of pyridine rings is 1. The Morgan fingerprint density at radius 1 is 1.19 bits per heavy atom. The zero-order valence-corrected chi connectivity index (χ0v) is 17.7. The lowest BCUT2D eigenvalue weighted by Gasteiger charge is -2.15. The second kappa shape index (κ2) is 9.35. The molecule has 2 heterocycles. The number of hydrogen-bond acceptors (Lipinski definition) is 5. The van der Waals surface area contributed by atoms with Crippen LogP contribution in [-0.4, -0.2) is 31.6 Å². The third kappa shape index (κ3) is 5.41. The normalized spacial score (nSPS) is 12.3. The summed E-state index contributed by atoms with van der Waals surface area (Å²) < 4.78 is 40.4. The van der Waals surface area contributed by atoms with Crippen LogP contribution in [-0.2, 0) is 11.0 Å². The van der Waals surface area contributed by atoms with E-state index in [4.69, 9.17) is 11.6 Å². The van der Waals surface area contributed by atoms with Crippen molar-refractivity contribution < 1.29 is 22.8 Å². The highest BCUT2D eigenvalue weighted by Gasteiger charge is 2.32. The van der Waals surface area contributed by atoms with Gasteiger partial charge in [0.25, 0.3) is 5.91 Å². The number of carbonyl (C=O) groups is 2. The van der Waals surface area contributed by atoms with Crippen molar-refractivity contribution >= 4 is 29.1 Å². The maximum atomic E-state index is 13.0. The van der Waals surface area contributed by atoms with Gasteiger partial charge in [0.1, 0.15) is 6.33 Å². The van der Waals surface area contributed by atoms with Crippen LogP contribution in [0.5, 0.6) is 0 Å². The van der Waals surface area contributed by atoms with Crippen molar-refractivity contribution in [1.82, 2.24) is 25.1 Å². The van der Waals surface area contributed by atoms with E-state index in [0.717, 1.165) is 18.2 Å². The molecular weight excluding hydrogens is 449 g/mol. The Morgan fingerprint density at radius 3 is 2.56 bits per heavy atom. The first kappa shape index (κ1) is 23.2. The second-order valence-corrected chi connectivity index (χ2v) is 7.19. The number of rotatable bonds is 6. The average Bonchev–Trinajstić information content (AvgIpc) is 3.23. The molecule has 1 aromatic carbocycles. The lowest BCUT2D eigenvalue weighted by atomic mass is 10.1. The SMILES string of the molecule is CCC(=O)Nc1ccc(-n2ncnc2[C@H](C)NC(=O)c2cc(Cl)cc(C(F)(F)F)c2)nc1. The molecule has 1 atom stereocenters. The van der Waals surface area contributed by atoms with E-state index >= 15 is 0 Å². The van der Waals surface area contributed by atoms with Gasteiger partial charge < -0.3 is 10.6 Å². The summed E-state index contributed by atoms with van der Waals surface area (Å²) in [6, 6.07) is 5.13. The van der Waals surface area contributed by atoms with Crippen molar-refractivity contribution in [3.63, 3.8) is 0 Å². The molecule has 0 aliphatic carbocycles. The Morgan fingerprint density at radius 2 is 1.94 bits per heavy atom. The van der Waals surface area contributed by atoms with Gasteiger partial charge in [0, 0.05) is 17.0 Å². The van der Waals surface area contributed by atoms with Gasteiger partial charge in [-0.3, -0.25) is 9.59 Å². The molecule has 0 spiro atoms. The Balaban J connectivity index is 1.79. The van der Waals surface area contributed by atoms with Gasteiger partial charge in [0.15, 0.2) is 11.6 Å². The zero-order valence-electron chi connectivity index (χ0n) is 16.9. The third-order valence-electron chi connectivity index (χ3n) is 4.37. The van der Waals surface area contributed by atoms with Crippen LogP contribution in [0.25, 0.3) is 5.82 Å². The number of amides is 2. The van der Waals surface area contributed by atoms with Crippen LogP contribution in [0.4, 0.5) is 18.9 Å². The van der Waals surface area contributed by atoms with Crippen LogP contribution < -0.4 is 10.6 Å². The standard InChI is InChI=1S/C20H18ClF3N6O2/c1-3-17(31)29-15-4-5-16(25-9-15)30-18(26-10-27-30)11(2)28-19(32)12-6-13(20(22,23)24)8-14(21)7-12/h4-11H,3H2,1-2H3,(H,28,32)(H,29,31)/t11-/m0/s1. The fraction of sp³-hybridized carbons (Fsp3) is 0.250. The molecule has 3 rings (SSSR count). The summed E-state index contributed by atoms with van der Waals surface area (Å²) >= 11 is 5.75. The summed E-state index contributed by atoms with van der Waals surface area (Å²) in [4.78, 5) is 32.4. The van der Waals surface area contributed by atoms with Gasteiger partial charge in [-0.25, -0.2) is 9.97 Å². The lowest BCUT2D eigenvalue weighted by molar-refractivity contribution is -0.137. The minimum absolute atomic E-state index is 0.160. The molecule has 0 saturated carbocycles. The number of nitrogens with one attached hydrogen (secondary N) is 2. The van der Waals surface area contributed by atoms with E-state index in [1.54, 1.807) is 26.0 Å². The zero-order chi connectivity index (χ0) is 23.5. The minimum atomic E-state index is -4.64. The smallest absolute Gasteiger partial charge is 0.342 e. The van der Waals surface area contributed by atoms with E-state index in [0.29, 0.717) is 23.8 Å². The van der Waals surface area contributed by atoms with E-state index in [1.165, 1.54) is 17.2 Å². The predicted molar refractivity (Wildman–Crippen MR) is 110 cm³/mol. The van der Waals surface area contributed by atoms with Gasteiger partial charge in [-0.1, -0.05) is 18.5 Å². The molecule has 0 aliphatic rings. The number of carbonyl (C=O) groups excluding carboxylic acids is 2. The summed E-state index contributed by atoms with van der Waals surface area (Å²) in [6.07, 6.45) is -1.61. The number of benzene rings is 1. The topological polar surface area (TPSA) is 102 Å². The fourth-order valence-corrected chi connectivity index (χ4v) is 3.02. The summed E-state index contributed by atoms with van der Waals surface area (Å²) in [7, 11) is 0. The Kier molecular flexibility index (Phi) is 6.78. The highest BCUT2D eigenvalue weighted by Crippen LogP contribution is 2.32. The van der Waals surface area contributed by atoms with Gasteiger partial charge in [-0.05, 0) is 37.3 Å². The minimum Gasteiger partial charge on any atom is -0.342 e. The van der Waals surface area contributed by atoms with Crippen molar-refractivity contribution in [2.24, 2.45) is 0 Å². The third-order valence-corrected chi connectivity index (χ3v) is 4.58. The predicted octanol–water partition coefficient (Wildman–Crippen LogP) is 4.17. The number of alkyl halides is 3. The molecule has 0 saturated heterocycles. The summed E-state index contributed by atoms with van der Waals surface area (Å²) in [5.74, 6) is -0.248. The highest BCUT2D eigenvalue weighted by molar-refractivity contribution is 6.31. The number of halogens is 4. The average molecular weight is 467 g/mol. The molecule has 168 valence electrons. The maximum Gasteiger partial charge on any atom is 0.416 e. The van der Waals surface area contributed by atoms with Crippen molar-refractivity contribution in [1.29, 1.82) is 0 Å². The first-order valence-corrected chi connectivity index (χ1v) is 9.81. The van der Waals surface area contributed by atoms with Crippen molar-refractivity contribution in [2.75, 3.05) is 5.32 Å². The van der Waals surface area contributed by atoms with E-state index < -0.39 is 23.7 Å². The second-order valence-electron chi connectivity index (χ2n) is 6.76. The monoisotopic (exact) mass is 466 g/mol. The summed E-state index contributed by atoms with van der Waals surface area (Å²) in [5.41, 5.74) is -0.757. The number of nitrogens with zero attached hydrogens (tertiary/aromatic N) is 4. The van der Waals surface area contributed by atoms with Crippen LogP contribution in [0.3, 0.4) is 0 Å². The first-order valence-electron chi connectivity index (χ1n) is 9.43. The van der Waals surface area contributed by atoms with E-state index in [2.05, 4.69) is 25.7 Å². The molecule has 2 amide bonds. The van der Waals surface area contributed by atoms with Crippen LogP contribution in [0.1, 0.15) is 48.1 Å².